The van der Waals surface area contributed by atoms with E-state index in [0.717, 1.165) is 47.2 Å². The van der Waals surface area contributed by atoms with Gasteiger partial charge in [-0.3, -0.25) is 4.79 Å². The van der Waals surface area contributed by atoms with E-state index in [1.165, 1.54) is 35.6 Å². The van der Waals surface area contributed by atoms with Crippen LogP contribution in [0.25, 0.3) is 10.2 Å². The molecule has 1 aliphatic heterocycles. The minimum Gasteiger partial charge on any atom is -0.495 e. The Morgan fingerprint density at radius 2 is 1.69 bits per heavy atom. The molecule has 3 aromatic rings. The van der Waals surface area contributed by atoms with Crippen molar-refractivity contribution in [3.63, 3.8) is 0 Å². The highest BCUT2D eigenvalue weighted by Crippen LogP contribution is 2.29. The molecule has 0 N–H and O–H groups in total. The van der Waals surface area contributed by atoms with Gasteiger partial charge in [-0.05, 0) is 55.7 Å². The van der Waals surface area contributed by atoms with Gasteiger partial charge in [0.2, 0.25) is 10.0 Å². The minimum atomic E-state index is -3.55. The number of ether oxygens (including phenoxy) is 1. The van der Waals surface area contributed by atoms with Crippen LogP contribution < -0.4 is 9.54 Å². The largest absolute Gasteiger partial charge is 0.495 e. The topological polar surface area (TPSA) is 81.0 Å². The number of aryl methyl sites for hydroxylation is 2. The third kappa shape index (κ3) is 4.24. The number of methoxy groups -OCH3 is 1. The fourth-order valence-corrected chi connectivity index (χ4v) is 6.59. The molecule has 32 heavy (non-hydrogen) atoms. The molecule has 1 aliphatic rings. The van der Waals surface area contributed by atoms with Gasteiger partial charge >= 0.3 is 0 Å². The van der Waals surface area contributed by atoms with Crippen molar-refractivity contribution >= 4 is 37.5 Å². The molecule has 170 valence electrons. The number of thiazole rings is 1. The summed E-state index contributed by atoms with van der Waals surface area (Å²) in [6.45, 7) is 3.10. The number of carbonyl (C=O) groups is 1. The normalized spacial score (nSPS) is 16.3. The van der Waals surface area contributed by atoms with Crippen LogP contribution in [-0.4, -0.2) is 43.4 Å². The lowest BCUT2D eigenvalue weighted by atomic mass is 10.2. The maximum Gasteiger partial charge on any atom is 0.279 e. The van der Waals surface area contributed by atoms with E-state index in [2.05, 4.69) is 4.99 Å². The molecule has 2 aromatic carbocycles. The Morgan fingerprint density at radius 1 is 1.03 bits per heavy atom. The van der Waals surface area contributed by atoms with Gasteiger partial charge in [-0.25, -0.2) is 8.42 Å². The molecule has 1 saturated heterocycles. The Hall–Kier alpha value is -2.49. The summed E-state index contributed by atoms with van der Waals surface area (Å²) in [6.07, 6.45) is 3.87. The summed E-state index contributed by atoms with van der Waals surface area (Å²) in [6, 6.07) is 9.96. The van der Waals surface area contributed by atoms with Gasteiger partial charge in [0.15, 0.2) is 4.80 Å². The van der Waals surface area contributed by atoms with Gasteiger partial charge < -0.3 is 9.30 Å². The first-order chi connectivity index (χ1) is 15.3. The molecule has 9 heteroatoms. The Morgan fingerprint density at radius 3 is 2.31 bits per heavy atom. The second kappa shape index (κ2) is 9.17. The summed E-state index contributed by atoms with van der Waals surface area (Å²) < 4.78 is 35.8. The van der Waals surface area contributed by atoms with E-state index in [0.29, 0.717) is 23.5 Å². The van der Waals surface area contributed by atoms with Crippen LogP contribution in [0.4, 0.5) is 0 Å². The maximum absolute atomic E-state index is 13.0. The Labute approximate surface area is 192 Å². The molecule has 0 atom stereocenters. The molecule has 1 amide bonds. The molecule has 7 nitrogen and oxygen atoms in total. The number of hydrogen-bond acceptors (Lipinski definition) is 5. The van der Waals surface area contributed by atoms with Crippen LogP contribution >= 0.6 is 11.3 Å². The summed E-state index contributed by atoms with van der Waals surface area (Å²) in [7, 11) is -0.0807. The zero-order chi connectivity index (χ0) is 22.9. The second-order valence-electron chi connectivity index (χ2n) is 7.97. The number of rotatable bonds is 4. The molecule has 0 saturated carbocycles. The zero-order valence-electron chi connectivity index (χ0n) is 18.5. The number of fused-ring (bicyclic) bond motifs is 1. The van der Waals surface area contributed by atoms with Crippen molar-refractivity contribution < 1.29 is 17.9 Å². The van der Waals surface area contributed by atoms with E-state index in [9.17, 15) is 13.2 Å². The molecule has 1 fully saturated rings. The highest BCUT2D eigenvalue weighted by Gasteiger charge is 2.25. The molecule has 0 unspecified atom stereocenters. The van der Waals surface area contributed by atoms with Crippen LogP contribution in [0.5, 0.6) is 5.75 Å². The van der Waals surface area contributed by atoms with E-state index < -0.39 is 15.9 Å². The van der Waals surface area contributed by atoms with Crippen LogP contribution in [0.2, 0.25) is 0 Å². The second-order valence-corrected chi connectivity index (χ2v) is 10.9. The first-order valence-corrected chi connectivity index (χ1v) is 12.9. The third-order valence-electron chi connectivity index (χ3n) is 5.83. The predicted molar refractivity (Wildman–Crippen MR) is 126 cm³/mol. The Bertz CT molecular complexity index is 1310. The highest BCUT2D eigenvalue weighted by molar-refractivity contribution is 7.89. The molecule has 4 rings (SSSR count). The van der Waals surface area contributed by atoms with Crippen molar-refractivity contribution in [2.45, 2.75) is 37.5 Å². The minimum absolute atomic E-state index is 0.212. The summed E-state index contributed by atoms with van der Waals surface area (Å²) in [5.74, 6) is 0.309. The fourth-order valence-electron chi connectivity index (χ4n) is 3.97. The van der Waals surface area contributed by atoms with E-state index in [1.54, 1.807) is 11.4 Å². The van der Waals surface area contributed by atoms with Crippen LogP contribution in [0.1, 0.15) is 41.6 Å². The highest BCUT2D eigenvalue weighted by atomic mass is 32.2. The van der Waals surface area contributed by atoms with Crippen molar-refractivity contribution in [2.24, 2.45) is 12.0 Å². The van der Waals surface area contributed by atoms with Crippen LogP contribution in [0.3, 0.4) is 0 Å². The van der Waals surface area contributed by atoms with E-state index >= 15 is 0 Å². The van der Waals surface area contributed by atoms with Crippen LogP contribution in [0, 0.1) is 6.92 Å². The summed E-state index contributed by atoms with van der Waals surface area (Å²) in [4.78, 5) is 17.9. The number of carbonyl (C=O) groups excluding carboxylic acids is 1. The number of aromatic nitrogens is 1. The third-order valence-corrected chi connectivity index (χ3v) is 9.01. The molecular formula is C23H27N3O4S2. The van der Waals surface area contributed by atoms with E-state index in [-0.39, 0.29) is 4.90 Å². The molecule has 2 heterocycles. The van der Waals surface area contributed by atoms with Crippen LogP contribution in [0.15, 0.2) is 46.3 Å². The SMILES string of the molecule is COc1ccc(C)c2sc(=NC(=O)c3ccc(S(=O)(=O)N4CCCCCC4)cc3)n(C)c12. The predicted octanol–water partition coefficient (Wildman–Crippen LogP) is 3.86. The van der Waals surface area contributed by atoms with E-state index in [1.807, 2.05) is 30.7 Å². The quantitative estimate of drug-likeness (QED) is 0.576. The Balaban J connectivity index is 1.64. The van der Waals surface area contributed by atoms with Crippen molar-refractivity contribution in [1.29, 1.82) is 0 Å². The van der Waals surface area contributed by atoms with Crippen molar-refractivity contribution in [1.82, 2.24) is 8.87 Å². The number of sulfonamides is 1. The summed E-state index contributed by atoms with van der Waals surface area (Å²) in [5.41, 5.74) is 2.32. The maximum atomic E-state index is 13.0. The first-order valence-electron chi connectivity index (χ1n) is 10.7. The average Bonchev–Trinajstić information content (AvgIpc) is 2.97. The molecule has 0 bridgehead atoms. The number of amides is 1. The fraction of sp³-hybridized carbons (Fsp3) is 0.391. The summed E-state index contributed by atoms with van der Waals surface area (Å²) in [5, 5.41) is 0. The lowest BCUT2D eigenvalue weighted by molar-refractivity contribution is 0.0998. The van der Waals surface area contributed by atoms with E-state index in [4.69, 9.17) is 4.74 Å². The zero-order valence-corrected chi connectivity index (χ0v) is 20.1. The lowest BCUT2D eigenvalue weighted by Gasteiger charge is -2.19. The standard InChI is InChI=1S/C23H27N3O4S2/c1-16-8-13-19(30-3)20-21(16)31-23(25(20)2)24-22(27)17-9-11-18(12-10-17)32(28,29)26-14-6-4-5-7-15-26/h8-13H,4-7,14-15H2,1-3H3. The Kier molecular flexibility index (Phi) is 6.50. The van der Waals surface area contributed by atoms with Gasteiger partial charge in [0, 0.05) is 25.7 Å². The van der Waals surface area contributed by atoms with Crippen molar-refractivity contribution in [3.8, 4) is 5.75 Å². The number of hydrogen-bond donors (Lipinski definition) is 0. The first kappa shape index (κ1) is 22.7. The molecule has 1 aromatic heterocycles. The van der Waals surface area contributed by atoms with Gasteiger partial charge in [0.05, 0.1) is 16.7 Å². The molecular weight excluding hydrogens is 446 g/mol. The van der Waals surface area contributed by atoms with Gasteiger partial charge in [0.25, 0.3) is 5.91 Å². The smallest absolute Gasteiger partial charge is 0.279 e. The average molecular weight is 474 g/mol. The van der Waals surface area contributed by atoms with Gasteiger partial charge in [-0.15, -0.1) is 0 Å². The number of benzene rings is 2. The number of nitrogens with zero attached hydrogens (tertiary/aromatic N) is 3. The van der Waals surface area contributed by atoms with Crippen molar-refractivity contribution in [3.05, 3.63) is 52.3 Å². The van der Waals surface area contributed by atoms with Crippen LogP contribution in [-0.2, 0) is 17.1 Å². The summed E-state index contributed by atoms with van der Waals surface area (Å²) >= 11 is 1.42. The molecule has 0 radical (unpaired) electrons. The molecule has 0 aliphatic carbocycles. The van der Waals surface area contributed by atoms with Gasteiger partial charge in [-0.2, -0.15) is 9.30 Å². The lowest BCUT2D eigenvalue weighted by Crippen LogP contribution is -2.31. The van der Waals surface area contributed by atoms with Gasteiger partial charge in [0.1, 0.15) is 11.3 Å². The van der Waals surface area contributed by atoms with Crippen molar-refractivity contribution in [2.75, 3.05) is 20.2 Å². The van der Waals surface area contributed by atoms with Gasteiger partial charge in [-0.1, -0.05) is 30.2 Å². The monoisotopic (exact) mass is 473 g/mol. The molecule has 0 spiro atoms.